The molecular weight excluding hydrogens is 308 g/mol. The highest BCUT2D eigenvalue weighted by Gasteiger charge is 1.99. The van der Waals surface area contributed by atoms with Crippen LogP contribution in [0.1, 0.15) is 0 Å². The molecule has 2 aromatic carbocycles. The summed E-state index contributed by atoms with van der Waals surface area (Å²) in [4.78, 5) is 13.3. The summed E-state index contributed by atoms with van der Waals surface area (Å²) in [6.07, 6.45) is 9.06. The fourth-order valence-electron chi connectivity index (χ4n) is 2.72. The summed E-state index contributed by atoms with van der Waals surface area (Å²) in [6, 6.07) is 20.0. The zero-order valence-corrected chi connectivity index (χ0v) is 13.5. The minimum absolute atomic E-state index is 0.856. The maximum absolute atomic E-state index is 4.50. The highest BCUT2D eigenvalue weighted by atomic mass is 14.9. The Labute approximate surface area is 145 Å². The molecule has 4 aromatic rings. The number of fused-ring (bicyclic) bond motifs is 2. The van der Waals surface area contributed by atoms with Gasteiger partial charge in [0.2, 0.25) is 0 Å². The van der Waals surface area contributed by atoms with Crippen molar-refractivity contribution in [1.29, 1.82) is 0 Å². The highest BCUT2D eigenvalue weighted by molar-refractivity contribution is 5.92. The molecule has 2 aromatic heterocycles. The van der Waals surface area contributed by atoms with E-state index in [1.54, 1.807) is 18.6 Å². The lowest BCUT2D eigenvalue weighted by Gasteiger charge is -2.04. The zero-order valence-electron chi connectivity index (χ0n) is 13.5. The molecule has 25 heavy (non-hydrogen) atoms. The summed E-state index contributed by atoms with van der Waals surface area (Å²) in [7, 11) is 0. The Morgan fingerprint density at radius 1 is 0.760 bits per heavy atom. The summed E-state index contributed by atoms with van der Waals surface area (Å²) >= 11 is 0. The van der Waals surface area contributed by atoms with E-state index in [1.165, 1.54) is 0 Å². The number of para-hydroxylation sites is 2. The van der Waals surface area contributed by atoms with E-state index in [-0.39, 0.29) is 0 Å². The smallest absolute Gasteiger partial charge is 0.0958 e. The molecule has 4 nitrogen and oxygen atoms in total. The molecule has 0 aliphatic heterocycles. The van der Waals surface area contributed by atoms with E-state index in [2.05, 4.69) is 20.3 Å². The second-order valence-electron chi connectivity index (χ2n) is 5.51. The van der Waals surface area contributed by atoms with Crippen molar-refractivity contribution in [1.82, 2.24) is 9.97 Å². The lowest BCUT2D eigenvalue weighted by molar-refractivity contribution is 1.39. The third kappa shape index (κ3) is 3.23. The Balaban J connectivity index is 1.51. The molecule has 0 amide bonds. The second-order valence-corrected chi connectivity index (χ2v) is 5.51. The molecule has 0 atom stereocenters. The minimum Gasteiger partial charge on any atom is -0.360 e. The Morgan fingerprint density at radius 2 is 1.44 bits per heavy atom. The maximum Gasteiger partial charge on any atom is 0.0958 e. The molecule has 0 fully saturated rings. The topological polar surface area (TPSA) is 50.2 Å². The molecule has 0 spiro atoms. The van der Waals surface area contributed by atoms with Gasteiger partial charge in [0.05, 0.1) is 22.4 Å². The van der Waals surface area contributed by atoms with Gasteiger partial charge in [-0.05, 0) is 30.3 Å². The second kappa shape index (κ2) is 6.93. The maximum atomic E-state index is 4.50. The molecule has 0 unspecified atom stereocenters. The normalized spacial score (nSPS) is 11.7. The van der Waals surface area contributed by atoms with Crippen molar-refractivity contribution >= 4 is 39.4 Å². The van der Waals surface area contributed by atoms with Gasteiger partial charge in [0.25, 0.3) is 0 Å². The van der Waals surface area contributed by atoms with Gasteiger partial charge in [-0.1, -0.05) is 36.4 Å². The van der Waals surface area contributed by atoms with Gasteiger partial charge >= 0.3 is 0 Å². The number of aliphatic imine (C=N–C) groups is 1. The largest absolute Gasteiger partial charge is 0.360 e. The molecular formula is C21H16N4. The van der Waals surface area contributed by atoms with Crippen molar-refractivity contribution in [2.75, 3.05) is 5.32 Å². The molecule has 1 N–H and O–H groups in total. The van der Waals surface area contributed by atoms with Gasteiger partial charge in [-0.25, -0.2) is 0 Å². The molecule has 4 heteroatoms. The molecule has 0 aliphatic rings. The Kier molecular flexibility index (Phi) is 4.16. The lowest BCUT2D eigenvalue weighted by atomic mass is 10.2. The van der Waals surface area contributed by atoms with Crippen LogP contribution in [0.25, 0.3) is 21.8 Å². The van der Waals surface area contributed by atoms with Gasteiger partial charge in [0.15, 0.2) is 0 Å². The molecule has 0 radical (unpaired) electrons. The summed E-state index contributed by atoms with van der Waals surface area (Å²) in [5.74, 6) is 0. The monoisotopic (exact) mass is 324 g/mol. The van der Waals surface area contributed by atoms with Gasteiger partial charge in [-0.15, -0.1) is 0 Å². The predicted octanol–water partition coefficient (Wildman–Crippen LogP) is 5.11. The molecule has 0 saturated carbocycles. The first kappa shape index (κ1) is 15.0. The zero-order chi connectivity index (χ0) is 16.9. The average molecular weight is 324 g/mol. The summed E-state index contributed by atoms with van der Waals surface area (Å²) in [5.41, 5.74) is 3.68. The number of hydrogen-bond donors (Lipinski definition) is 1. The van der Waals surface area contributed by atoms with Gasteiger partial charge in [0.1, 0.15) is 0 Å². The van der Waals surface area contributed by atoms with Crippen LogP contribution in [0.4, 0.5) is 11.4 Å². The Bertz CT molecular complexity index is 1070. The first-order chi connectivity index (χ1) is 12.4. The van der Waals surface area contributed by atoms with Crippen molar-refractivity contribution < 1.29 is 0 Å². The first-order valence-electron chi connectivity index (χ1n) is 8.05. The van der Waals surface area contributed by atoms with E-state index in [9.17, 15) is 0 Å². The number of pyridine rings is 2. The van der Waals surface area contributed by atoms with Crippen LogP contribution in [0.2, 0.25) is 0 Å². The van der Waals surface area contributed by atoms with E-state index in [4.69, 9.17) is 0 Å². The minimum atomic E-state index is 0.856. The third-order valence-electron chi connectivity index (χ3n) is 3.88. The summed E-state index contributed by atoms with van der Waals surface area (Å²) < 4.78 is 0. The van der Waals surface area contributed by atoms with Crippen molar-refractivity contribution in [2.24, 2.45) is 4.99 Å². The van der Waals surface area contributed by atoms with Crippen molar-refractivity contribution in [2.45, 2.75) is 0 Å². The van der Waals surface area contributed by atoms with Crippen LogP contribution in [0.5, 0.6) is 0 Å². The Morgan fingerprint density at radius 3 is 2.28 bits per heavy atom. The number of rotatable bonds is 4. The number of anilines is 1. The number of hydrogen-bond acceptors (Lipinski definition) is 4. The molecule has 0 saturated heterocycles. The van der Waals surface area contributed by atoms with E-state index < -0.39 is 0 Å². The highest BCUT2D eigenvalue weighted by Crippen LogP contribution is 2.23. The number of nitrogens with zero attached hydrogens (tertiary/aromatic N) is 3. The summed E-state index contributed by atoms with van der Waals surface area (Å²) in [6.45, 7) is 0. The van der Waals surface area contributed by atoms with Gasteiger partial charge in [-0.3, -0.25) is 15.0 Å². The third-order valence-corrected chi connectivity index (χ3v) is 3.88. The molecule has 120 valence electrons. The standard InChI is InChI=1S/C21H16N4/c1-6-16-8-3-12-24-20(16)18(10-1)22-14-5-15-23-19-11-2-7-17-9-4-13-25-21(17)19/h1-15,22H/b14-5+,23-15?. The van der Waals surface area contributed by atoms with Crippen LogP contribution >= 0.6 is 0 Å². The van der Waals surface area contributed by atoms with Crippen LogP contribution in [-0.4, -0.2) is 16.2 Å². The number of aromatic nitrogens is 2. The van der Waals surface area contributed by atoms with E-state index in [1.807, 2.05) is 72.9 Å². The molecule has 0 bridgehead atoms. The van der Waals surface area contributed by atoms with Crippen LogP contribution in [-0.2, 0) is 0 Å². The SMILES string of the molecule is C(/C=C/Nc1cccc2cccnc12)=Nc1cccc2cccnc12. The average Bonchev–Trinajstić information content (AvgIpc) is 2.68. The number of allylic oxidation sites excluding steroid dienone is 1. The van der Waals surface area contributed by atoms with Crippen molar-refractivity contribution in [3.05, 3.63) is 85.3 Å². The van der Waals surface area contributed by atoms with E-state index in [0.29, 0.717) is 0 Å². The fourth-order valence-corrected chi connectivity index (χ4v) is 2.72. The predicted molar refractivity (Wildman–Crippen MR) is 104 cm³/mol. The quantitative estimate of drug-likeness (QED) is 0.531. The number of benzene rings is 2. The van der Waals surface area contributed by atoms with E-state index >= 15 is 0 Å². The number of nitrogens with one attached hydrogen (secondary N) is 1. The van der Waals surface area contributed by atoms with Gasteiger partial charge in [-0.2, -0.15) is 0 Å². The van der Waals surface area contributed by atoms with Crippen LogP contribution in [0.15, 0.2) is 90.3 Å². The summed E-state index contributed by atoms with van der Waals surface area (Å²) in [5, 5.41) is 5.45. The van der Waals surface area contributed by atoms with Gasteiger partial charge < -0.3 is 5.32 Å². The van der Waals surface area contributed by atoms with Crippen LogP contribution < -0.4 is 5.32 Å². The van der Waals surface area contributed by atoms with Crippen molar-refractivity contribution in [3.8, 4) is 0 Å². The van der Waals surface area contributed by atoms with Crippen molar-refractivity contribution in [3.63, 3.8) is 0 Å². The lowest BCUT2D eigenvalue weighted by Crippen LogP contribution is -1.90. The first-order valence-corrected chi connectivity index (χ1v) is 8.05. The van der Waals surface area contributed by atoms with Gasteiger partial charge in [0, 0.05) is 35.6 Å². The van der Waals surface area contributed by atoms with E-state index in [0.717, 1.165) is 33.2 Å². The molecule has 2 heterocycles. The van der Waals surface area contributed by atoms with Crippen LogP contribution in [0.3, 0.4) is 0 Å². The van der Waals surface area contributed by atoms with Crippen LogP contribution in [0, 0.1) is 0 Å². The fraction of sp³-hybridized carbons (Fsp3) is 0. The Hall–Kier alpha value is -3.53. The molecule has 0 aliphatic carbocycles. The molecule has 4 rings (SSSR count).